The zero-order valence-electron chi connectivity index (χ0n) is 10.8. The Morgan fingerprint density at radius 3 is 2.70 bits per heavy atom. The quantitative estimate of drug-likeness (QED) is 0.775. The van der Waals surface area contributed by atoms with Gasteiger partial charge in [0.25, 0.3) is 5.91 Å². The Balaban J connectivity index is 2.03. The van der Waals surface area contributed by atoms with Gasteiger partial charge in [0.05, 0.1) is 12.1 Å². The minimum absolute atomic E-state index is 0.112. The number of rotatable bonds is 5. The van der Waals surface area contributed by atoms with Crippen molar-refractivity contribution in [2.45, 2.75) is 6.54 Å². The van der Waals surface area contributed by atoms with Crippen molar-refractivity contribution in [1.29, 1.82) is 0 Å². The van der Waals surface area contributed by atoms with Crippen molar-refractivity contribution < 1.29 is 19.1 Å². The molecule has 1 aromatic carbocycles. The summed E-state index contributed by atoms with van der Waals surface area (Å²) in [4.78, 5) is 22.2. The third kappa shape index (κ3) is 3.17. The van der Waals surface area contributed by atoms with Gasteiger partial charge in [-0.3, -0.25) is 4.79 Å². The highest BCUT2D eigenvalue weighted by atomic mass is 16.4. The van der Waals surface area contributed by atoms with E-state index in [1.807, 2.05) is 6.07 Å². The molecule has 0 aliphatic carbocycles. The minimum Gasteiger partial charge on any atom is -0.478 e. The maximum atomic E-state index is 11.5. The molecule has 0 saturated carbocycles. The lowest BCUT2D eigenvalue weighted by atomic mass is 10.2. The van der Waals surface area contributed by atoms with E-state index >= 15 is 0 Å². The lowest BCUT2D eigenvalue weighted by molar-refractivity contribution is 0.0696. The fourth-order valence-corrected chi connectivity index (χ4v) is 1.69. The van der Waals surface area contributed by atoms with Crippen molar-refractivity contribution in [3.05, 3.63) is 53.5 Å². The zero-order valence-corrected chi connectivity index (χ0v) is 10.8. The molecule has 0 aliphatic heterocycles. The summed E-state index contributed by atoms with van der Waals surface area (Å²) in [5.41, 5.74) is 1.41. The molecule has 104 valence electrons. The highest BCUT2D eigenvalue weighted by Crippen LogP contribution is 2.14. The first-order valence-corrected chi connectivity index (χ1v) is 5.97. The molecular formula is C14H14N2O4. The Morgan fingerprint density at radius 2 is 2.05 bits per heavy atom. The van der Waals surface area contributed by atoms with Crippen LogP contribution in [0.25, 0.3) is 0 Å². The van der Waals surface area contributed by atoms with Crippen LogP contribution in [-0.2, 0) is 6.54 Å². The van der Waals surface area contributed by atoms with Gasteiger partial charge in [-0.15, -0.1) is 0 Å². The van der Waals surface area contributed by atoms with Gasteiger partial charge in [-0.2, -0.15) is 0 Å². The molecule has 6 nitrogen and oxygen atoms in total. The van der Waals surface area contributed by atoms with Gasteiger partial charge in [0, 0.05) is 18.3 Å². The molecule has 6 heteroatoms. The Hall–Kier alpha value is -2.76. The first-order chi connectivity index (χ1) is 9.60. The topological polar surface area (TPSA) is 91.6 Å². The van der Waals surface area contributed by atoms with Gasteiger partial charge in [0.15, 0.2) is 0 Å². The molecule has 0 fully saturated rings. The van der Waals surface area contributed by atoms with Gasteiger partial charge in [0.2, 0.25) is 0 Å². The zero-order chi connectivity index (χ0) is 14.5. The monoisotopic (exact) mass is 274 g/mol. The number of hydrogen-bond acceptors (Lipinski definition) is 4. The summed E-state index contributed by atoms with van der Waals surface area (Å²) in [5.74, 6) is -0.686. The molecule has 0 unspecified atom stereocenters. The first kappa shape index (κ1) is 13.7. The average Bonchev–Trinajstić information content (AvgIpc) is 2.93. The molecular weight excluding hydrogens is 260 g/mol. The fraction of sp³-hybridized carbons (Fsp3) is 0.143. The summed E-state index contributed by atoms with van der Waals surface area (Å²) in [5, 5.41) is 14.4. The van der Waals surface area contributed by atoms with E-state index in [0.29, 0.717) is 17.9 Å². The highest BCUT2D eigenvalue weighted by Gasteiger charge is 2.08. The number of carbonyl (C=O) groups is 2. The van der Waals surface area contributed by atoms with Crippen molar-refractivity contribution in [3.63, 3.8) is 0 Å². The predicted octanol–water partition coefficient (Wildman–Crippen LogP) is 1.95. The first-order valence-electron chi connectivity index (χ1n) is 5.97. The van der Waals surface area contributed by atoms with E-state index in [1.54, 1.807) is 25.2 Å². The summed E-state index contributed by atoms with van der Waals surface area (Å²) in [6.45, 7) is 0.338. The molecule has 3 N–H and O–H groups in total. The molecule has 0 aliphatic rings. The van der Waals surface area contributed by atoms with Gasteiger partial charge in [-0.1, -0.05) is 6.07 Å². The largest absolute Gasteiger partial charge is 0.478 e. The summed E-state index contributed by atoms with van der Waals surface area (Å²) in [7, 11) is 1.57. The maximum Gasteiger partial charge on any atom is 0.338 e. The Morgan fingerprint density at radius 1 is 1.25 bits per heavy atom. The van der Waals surface area contributed by atoms with Crippen molar-refractivity contribution in [2.24, 2.45) is 0 Å². The van der Waals surface area contributed by atoms with Gasteiger partial charge < -0.3 is 20.2 Å². The van der Waals surface area contributed by atoms with Crippen LogP contribution in [0.4, 0.5) is 5.69 Å². The van der Waals surface area contributed by atoms with E-state index in [4.69, 9.17) is 9.52 Å². The van der Waals surface area contributed by atoms with E-state index in [-0.39, 0.29) is 11.5 Å². The number of carboxylic acids is 1. The normalized spacial score (nSPS) is 10.1. The molecule has 0 atom stereocenters. The number of aromatic carboxylic acids is 1. The molecule has 0 spiro atoms. The van der Waals surface area contributed by atoms with Crippen LogP contribution in [-0.4, -0.2) is 24.0 Å². The standard InChI is InChI=1S/C14H14N2O4/c1-15-13(17)9-3-2-4-11(5-9)16-7-12-6-10(8-20-12)14(18)19/h2-6,8,16H,7H2,1H3,(H,15,17)(H,18,19). The summed E-state index contributed by atoms with van der Waals surface area (Å²) < 4.78 is 5.12. The Bertz CT molecular complexity index is 634. The number of hydrogen-bond donors (Lipinski definition) is 3. The molecule has 0 radical (unpaired) electrons. The number of benzene rings is 1. The van der Waals surface area contributed by atoms with E-state index < -0.39 is 5.97 Å². The average molecular weight is 274 g/mol. The van der Waals surface area contributed by atoms with Crippen molar-refractivity contribution in [3.8, 4) is 0 Å². The van der Waals surface area contributed by atoms with Crippen molar-refractivity contribution >= 4 is 17.6 Å². The van der Waals surface area contributed by atoms with E-state index in [9.17, 15) is 9.59 Å². The van der Waals surface area contributed by atoms with Crippen LogP contribution in [0.3, 0.4) is 0 Å². The van der Waals surface area contributed by atoms with Gasteiger partial charge in [-0.25, -0.2) is 4.79 Å². The summed E-state index contributed by atoms with van der Waals surface area (Å²) in [6.07, 6.45) is 1.19. The molecule has 1 heterocycles. The lowest BCUT2D eigenvalue weighted by Crippen LogP contribution is -2.17. The summed E-state index contributed by atoms with van der Waals surface area (Å²) in [6, 6.07) is 8.45. The number of anilines is 1. The second-order valence-electron chi connectivity index (χ2n) is 4.12. The molecule has 0 bridgehead atoms. The van der Waals surface area contributed by atoms with E-state index in [1.165, 1.54) is 12.3 Å². The van der Waals surface area contributed by atoms with E-state index in [0.717, 1.165) is 5.69 Å². The van der Waals surface area contributed by atoms with Crippen LogP contribution in [0.15, 0.2) is 41.0 Å². The molecule has 2 aromatic rings. The third-order valence-corrected chi connectivity index (χ3v) is 2.72. The van der Waals surface area contributed by atoms with Crippen LogP contribution < -0.4 is 10.6 Å². The van der Waals surface area contributed by atoms with Crippen LogP contribution >= 0.6 is 0 Å². The minimum atomic E-state index is -1.03. The van der Waals surface area contributed by atoms with Crippen LogP contribution in [0, 0.1) is 0 Å². The Labute approximate surface area is 115 Å². The van der Waals surface area contributed by atoms with Crippen LogP contribution in [0.5, 0.6) is 0 Å². The van der Waals surface area contributed by atoms with Crippen LogP contribution in [0.1, 0.15) is 26.5 Å². The molecule has 2 rings (SSSR count). The number of amides is 1. The number of carbonyl (C=O) groups excluding carboxylic acids is 1. The van der Waals surface area contributed by atoms with Gasteiger partial charge >= 0.3 is 5.97 Å². The lowest BCUT2D eigenvalue weighted by Gasteiger charge is -2.06. The smallest absolute Gasteiger partial charge is 0.338 e. The Kier molecular flexibility index (Phi) is 4.05. The molecule has 1 aromatic heterocycles. The third-order valence-electron chi connectivity index (χ3n) is 2.72. The van der Waals surface area contributed by atoms with Crippen molar-refractivity contribution in [1.82, 2.24) is 5.32 Å². The van der Waals surface area contributed by atoms with E-state index in [2.05, 4.69) is 10.6 Å². The highest BCUT2D eigenvalue weighted by molar-refractivity contribution is 5.94. The van der Waals surface area contributed by atoms with Crippen molar-refractivity contribution in [2.75, 3.05) is 12.4 Å². The van der Waals surface area contributed by atoms with Crippen LogP contribution in [0.2, 0.25) is 0 Å². The fourth-order valence-electron chi connectivity index (χ4n) is 1.69. The SMILES string of the molecule is CNC(=O)c1cccc(NCc2cc(C(=O)O)co2)c1. The summed E-state index contributed by atoms with van der Waals surface area (Å²) >= 11 is 0. The van der Waals surface area contributed by atoms with Gasteiger partial charge in [0.1, 0.15) is 12.0 Å². The molecule has 1 amide bonds. The predicted molar refractivity (Wildman–Crippen MR) is 72.8 cm³/mol. The second kappa shape index (κ2) is 5.92. The number of carboxylic acid groups (broad SMARTS) is 1. The molecule has 0 saturated heterocycles. The number of nitrogens with one attached hydrogen (secondary N) is 2. The maximum absolute atomic E-state index is 11.5. The number of furan rings is 1. The second-order valence-corrected chi connectivity index (χ2v) is 4.12. The molecule has 20 heavy (non-hydrogen) atoms. The van der Waals surface area contributed by atoms with Gasteiger partial charge in [-0.05, 0) is 24.3 Å².